The summed E-state index contributed by atoms with van der Waals surface area (Å²) in [6.07, 6.45) is 3.73. The van der Waals surface area contributed by atoms with Gasteiger partial charge in [0.2, 0.25) is 0 Å². The number of fused-ring (bicyclic) bond motifs is 1. The molecule has 20 heavy (non-hydrogen) atoms. The van der Waals surface area contributed by atoms with Gasteiger partial charge in [0.1, 0.15) is 0 Å². The minimum absolute atomic E-state index is 0.627. The molecule has 2 heterocycles. The second-order valence-corrected chi connectivity index (χ2v) is 5.71. The third kappa shape index (κ3) is 2.31. The number of pyridine rings is 1. The van der Waals surface area contributed by atoms with Crippen LogP contribution in [0, 0.1) is 0 Å². The average Bonchev–Trinajstić information content (AvgIpc) is 2.48. The number of hydrogen-bond acceptors (Lipinski definition) is 4. The molecule has 0 saturated carbocycles. The summed E-state index contributed by atoms with van der Waals surface area (Å²) in [6.45, 7) is 8.88. The fourth-order valence-electron chi connectivity index (χ4n) is 2.95. The number of hydrogen-bond donors (Lipinski definition) is 1. The van der Waals surface area contributed by atoms with E-state index in [1.54, 1.807) is 6.20 Å². The SMILES string of the molecule is CC(C)N1CCN(c2ccc(N)c3ccncc23)CC1. The number of nitrogens with two attached hydrogens (primary N) is 1. The van der Waals surface area contributed by atoms with Gasteiger partial charge in [-0.15, -0.1) is 0 Å². The molecule has 0 atom stereocenters. The van der Waals surface area contributed by atoms with E-state index in [2.05, 4.69) is 34.7 Å². The molecule has 1 fully saturated rings. The molecule has 0 radical (unpaired) electrons. The fraction of sp³-hybridized carbons (Fsp3) is 0.438. The molecule has 0 amide bonds. The largest absolute Gasteiger partial charge is 0.398 e. The number of piperazine rings is 1. The van der Waals surface area contributed by atoms with E-state index >= 15 is 0 Å². The van der Waals surface area contributed by atoms with Crippen LogP contribution in [0.5, 0.6) is 0 Å². The molecule has 1 saturated heterocycles. The van der Waals surface area contributed by atoms with Crippen molar-refractivity contribution in [3.63, 3.8) is 0 Å². The van der Waals surface area contributed by atoms with Gasteiger partial charge in [-0.1, -0.05) is 0 Å². The Balaban J connectivity index is 1.90. The minimum atomic E-state index is 0.627. The van der Waals surface area contributed by atoms with Gasteiger partial charge >= 0.3 is 0 Å². The second-order valence-electron chi connectivity index (χ2n) is 5.71. The number of anilines is 2. The number of rotatable bonds is 2. The van der Waals surface area contributed by atoms with Crippen molar-refractivity contribution in [3.8, 4) is 0 Å². The standard InChI is InChI=1S/C16H22N4/c1-12(2)19-7-9-20(10-8-19)16-4-3-15(17)13-5-6-18-11-14(13)16/h3-6,11-12H,7-10,17H2,1-2H3. The van der Waals surface area contributed by atoms with Gasteiger partial charge in [0.15, 0.2) is 0 Å². The van der Waals surface area contributed by atoms with Crippen molar-refractivity contribution in [2.24, 2.45) is 0 Å². The van der Waals surface area contributed by atoms with Gasteiger partial charge in [-0.25, -0.2) is 0 Å². The van der Waals surface area contributed by atoms with E-state index in [-0.39, 0.29) is 0 Å². The van der Waals surface area contributed by atoms with Gasteiger partial charge in [-0.2, -0.15) is 0 Å². The lowest BCUT2D eigenvalue weighted by atomic mass is 10.1. The molecule has 4 heteroatoms. The molecule has 106 valence electrons. The number of aromatic nitrogens is 1. The fourth-order valence-corrected chi connectivity index (χ4v) is 2.95. The van der Waals surface area contributed by atoms with Crippen molar-refractivity contribution >= 4 is 22.1 Å². The Bertz CT molecular complexity index is 600. The Morgan fingerprint density at radius 2 is 1.80 bits per heavy atom. The Morgan fingerprint density at radius 3 is 2.50 bits per heavy atom. The van der Waals surface area contributed by atoms with Crippen molar-refractivity contribution in [1.29, 1.82) is 0 Å². The van der Waals surface area contributed by atoms with Crippen LogP contribution in [0.1, 0.15) is 13.8 Å². The van der Waals surface area contributed by atoms with Crippen molar-refractivity contribution in [3.05, 3.63) is 30.6 Å². The van der Waals surface area contributed by atoms with E-state index in [9.17, 15) is 0 Å². The molecule has 0 spiro atoms. The van der Waals surface area contributed by atoms with Crippen molar-refractivity contribution in [2.75, 3.05) is 36.8 Å². The van der Waals surface area contributed by atoms with E-state index in [1.165, 1.54) is 5.69 Å². The Morgan fingerprint density at radius 1 is 1.05 bits per heavy atom. The average molecular weight is 270 g/mol. The van der Waals surface area contributed by atoms with Gasteiger partial charge in [-0.3, -0.25) is 9.88 Å². The van der Waals surface area contributed by atoms with E-state index < -0.39 is 0 Å². The first-order valence-corrected chi connectivity index (χ1v) is 7.28. The van der Waals surface area contributed by atoms with Crippen LogP contribution in [0.15, 0.2) is 30.6 Å². The van der Waals surface area contributed by atoms with E-state index in [0.717, 1.165) is 42.6 Å². The highest BCUT2D eigenvalue weighted by Crippen LogP contribution is 2.30. The molecule has 2 aromatic rings. The first-order chi connectivity index (χ1) is 9.66. The highest BCUT2D eigenvalue weighted by molar-refractivity contribution is 6.00. The minimum Gasteiger partial charge on any atom is -0.398 e. The predicted molar refractivity (Wildman–Crippen MR) is 85.1 cm³/mol. The summed E-state index contributed by atoms with van der Waals surface area (Å²) < 4.78 is 0. The topological polar surface area (TPSA) is 45.4 Å². The normalized spacial score (nSPS) is 17.1. The summed E-state index contributed by atoms with van der Waals surface area (Å²) in [6, 6.07) is 6.76. The maximum absolute atomic E-state index is 6.06. The van der Waals surface area contributed by atoms with Crippen LogP contribution in [-0.2, 0) is 0 Å². The second kappa shape index (κ2) is 5.29. The smallest absolute Gasteiger partial charge is 0.0463 e. The van der Waals surface area contributed by atoms with E-state index in [0.29, 0.717) is 6.04 Å². The van der Waals surface area contributed by atoms with Gasteiger partial charge in [0, 0.05) is 66.8 Å². The molecule has 3 rings (SSSR count). The first-order valence-electron chi connectivity index (χ1n) is 7.28. The van der Waals surface area contributed by atoms with Crippen LogP contribution < -0.4 is 10.6 Å². The molecule has 1 aliphatic heterocycles. The lowest BCUT2D eigenvalue weighted by Gasteiger charge is -2.38. The summed E-state index contributed by atoms with van der Waals surface area (Å²) in [7, 11) is 0. The molecular weight excluding hydrogens is 248 g/mol. The third-order valence-electron chi connectivity index (χ3n) is 4.21. The number of benzene rings is 1. The van der Waals surface area contributed by atoms with Crippen molar-refractivity contribution in [2.45, 2.75) is 19.9 Å². The molecule has 0 aliphatic carbocycles. The number of nitrogen functional groups attached to an aromatic ring is 1. The van der Waals surface area contributed by atoms with Crippen LogP contribution in [0.3, 0.4) is 0 Å². The lowest BCUT2D eigenvalue weighted by molar-refractivity contribution is 0.209. The zero-order valence-corrected chi connectivity index (χ0v) is 12.2. The van der Waals surface area contributed by atoms with Crippen LogP contribution in [-0.4, -0.2) is 42.1 Å². The third-order valence-corrected chi connectivity index (χ3v) is 4.21. The van der Waals surface area contributed by atoms with Crippen LogP contribution in [0.2, 0.25) is 0 Å². The molecule has 2 N–H and O–H groups in total. The Labute approximate surface area is 120 Å². The molecule has 1 aromatic heterocycles. The molecule has 4 nitrogen and oxygen atoms in total. The van der Waals surface area contributed by atoms with E-state index in [1.807, 2.05) is 18.3 Å². The summed E-state index contributed by atoms with van der Waals surface area (Å²) in [4.78, 5) is 9.23. The lowest BCUT2D eigenvalue weighted by Crippen LogP contribution is -2.48. The van der Waals surface area contributed by atoms with Crippen molar-refractivity contribution < 1.29 is 0 Å². The highest BCUT2D eigenvalue weighted by Gasteiger charge is 2.20. The van der Waals surface area contributed by atoms with Crippen LogP contribution in [0.25, 0.3) is 10.8 Å². The Kier molecular flexibility index (Phi) is 3.49. The Hall–Kier alpha value is -1.81. The molecule has 1 aromatic carbocycles. The summed E-state index contributed by atoms with van der Waals surface area (Å²) >= 11 is 0. The first kappa shape index (κ1) is 13.2. The van der Waals surface area contributed by atoms with E-state index in [4.69, 9.17) is 5.73 Å². The van der Waals surface area contributed by atoms with Gasteiger partial charge in [0.05, 0.1) is 0 Å². The molecular formula is C16H22N4. The van der Waals surface area contributed by atoms with Gasteiger partial charge in [0.25, 0.3) is 0 Å². The summed E-state index contributed by atoms with van der Waals surface area (Å²) in [5.41, 5.74) is 8.14. The van der Waals surface area contributed by atoms with Gasteiger partial charge < -0.3 is 10.6 Å². The zero-order chi connectivity index (χ0) is 14.1. The van der Waals surface area contributed by atoms with Crippen molar-refractivity contribution in [1.82, 2.24) is 9.88 Å². The quantitative estimate of drug-likeness (QED) is 0.851. The summed E-state index contributed by atoms with van der Waals surface area (Å²) in [5.74, 6) is 0. The molecule has 1 aliphatic rings. The molecule has 0 unspecified atom stereocenters. The monoisotopic (exact) mass is 270 g/mol. The predicted octanol–water partition coefficient (Wildman–Crippen LogP) is 2.35. The highest BCUT2D eigenvalue weighted by atomic mass is 15.3. The maximum Gasteiger partial charge on any atom is 0.0463 e. The van der Waals surface area contributed by atoms with Crippen LogP contribution >= 0.6 is 0 Å². The molecule has 0 bridgehead atoms. The summed E-state index contributed by atoms with van der Waals surface area (Å²) in [5, 5.41) is 2.26. The maximum atomic E-state index is 6.06. The number of nitrogens with zero attached hydrogens (tertiary/aromatic N) is 3. The zero-order valence-electron chi connectivity index (χ0n) is 12.2. The van der Waals surface area contributed by atoms with Gasteiger partial charge in [-0.05, 0) is 32.0 Å². The van der Waals surface area contributed by atoms with Crippen LogP contribution in [0.4, 0.5) is 11.4 Å².